The molecule has 0 rings (SSSR count). The Morgan fingerprint density at radius 1 is 0.600 bits per heavy atom. The van der Waals surface area contributed by atoms with E-state index >= 15 is 0 Å². The lowest BCUT2D eigenvalue weighted by Crippen LogP contribution is -1.25. The molecule has 0 aliphatic carbocycles. The van der Waals surface area contributed by atoms with Gasteiger partial charge >= 0.3 is 0 Å². The molecule has 0 aliphatic heterocycles. The number of hydrogen-bond donors (Lipinski definition) is 2. The number of carbonyl (C=O) groups is 3. The third-order valence-electron chi connectivity index (χ3n) is 0. The molecule has 0 aliphatic rings. The summed E-state index contributed by atoms with van der Waals surface area (Å²) in [6.45, 7) is 6.00. The topological polar surface area (TPSA) is 91.7 Å². The number of aliphatic hydroxyl groups excluding tert-OH is 2. The maximum Gasteiger partial charge on any atom is 0.106 e. The van der Waals surface area contributed by atoms with E-state index in [2.05, 4.69) is 0 Å². The quantitative estimate of drug-likeness (QED) is 0.450. The first-order chi connectivity index (χ1) is 5.00. The van der Waals surface area contributed by atoms with Crippen LogP contribution in [-0.2, 0) is 14.4 Å². The minimum Gasteiger partial charge on any atom is -0.400 e. The third kappa shape index (κ3) is 213. The standard InChI is InChI=1S/2CH4O.3CH2O/c5*1-2/h2*2H,1H3;3*1H2. The molecule has 64 valence electrons. The molecule has 5 heteroatoms. The van der Waals surface area contributed by atoms with Gasteiger partial charge in [-0.15, -0.1) is 0 Å². The van der Waals surface area contributed by atoms with Gasteiger partial charge in [0, 0.05) is 14.2 Å². The van der Waals surface area contributed by atoms with Crippen molar-refractivity contribution in [3.05, 3.63) is 0 Å². The minimum absolute atomic E-state index is 1.00. The van der Waals surface area contributed by atoms with Crippen LogP contribution < -0.4 is 0 Å². The Hall–Kier alpha value is -1.07. The summed E-state index contributed by atoms with van der Waals surface area (Å²) in [6, 6.07) is 0. The van der Waals surface area contributed by atoms with Gasteiger partial charge in [0.2, 0.25) is 0 Å². The zero-order valence-corrected chi connectivity index (χ0v) is 6.24. The van der Waals surface area contributed by atoms with Crippen LogP contribution in [0.3, 0.4) is 0 Å². The Morgan fingerprint density at radius 3 is 0.600 bits per heavy atom. The first-order valence-corrected chi connectivity index (χ1v) is 1.76. The van der Waals surface area contributed by atoms with Gasteiger partial charge in [0.15, 0.2) is 0 Å². The van der Waals surface area contributed by atoms with E-state index in [1.165, 1.54) is 0 Å². The van der Waals surface area contributed by atoms with E-state index < -0.39 is 0 Å². The summed E-state index contributed by atoms with van der Waals surface area (Å²) < 4.78 is 0. The van der Waals surface area contributed by atoms with Crippen molar-refractivity contribution in [1.29, 1.82) is 0 Å². The van der Waals surface area contributed by atoms with Gasteiger partial charge < -0.3 is 24.6 Å². The van der Waals surface area contributed by atoms with E-state index in [4.69, 9.17) is 24.6 Å². The molecule has 0 saturated carbocycles. The molecular formula is C5H14O5. The molecule has 10 heavy (non-hydrogen) atoms. The molecule has 0 fully saturated rings. The Labute approximate surface area is 60.3 Å². The summed E-state index contributed by atoms with van der Waals surface area (Å²) in [5.74, 6) is 0. The first kappa shape index (κ1) is 36.4. The van der Waals surface area contributed by atoms with Gasteiger partial charge in [-0.1, -0.05) is 0 Å². The fourth-order valence-electron chi connectivity index (χ4n) is 0. The van der Waals surface area contributed by atoms with Crippen molar-refractivity contribution in [2.75, 3.05) is 14.2 Å². The summed E-state index contributed by atoms with van der Waals surface area (Å²) >= 11 is 0. The van der Waals surface area contributed by atoms with E-state index in [0.717, 1.165) is 14.2 Å². The van der Waals surface area contributed by atoms with Gasteiger partial charge in [-0.05, 0) is 0 Å². The fourth-order valence-corrected chi connectivity index (χ4v) is 0. The number of rotatable bonds is 0. The summed E-state index contributed by atoms with van der Waals surface area (Å²) in [6.07, 6.45) is 0. The van der Waals surface area contributed by atoms with Gasteiger partial charge in [0.05, 0.1) is 0 Å². The predicted molar refractivity (Wildman–Crippen MR) is 37.6 cm³/mol. The van der Waals surface area contributed by atoms with E-state index in [1.54, 1.807) is 0 Å². The molecule has 0 heterocycles. The minimum atomic E-state index is 1.00. The average molecular weight is 154 g/mol. The van der Waals surface area contributed by atoms with Crippen LogP contribution in [0.5, 0.6) is 0 Å². The lowest BCUT2D eigenvalue weighted by Gasteiger charge is -1.21. The molecule has 0 amide bonds. The smallest absolute Gasteiger partial charge is 0.106 e. The summed E-state index contributed by atoms with van der Waals surface area (Å²) in [4.78, 5) is 24.0. The van der Waals surface area contributed by atoms with Crippen LogP contribution in [0.2, 0.25) is 0 Å². The fraction of sp³-hybridized carbons (Fsp3) is 0.400. The summed E-state index contributed by atoms with van der Waals surface area (Å²) in [7, 11) is 2.00. The van der Waals surface area contributed by atoms with E-state index in [9.17, 15) is 0 Å². The lowest BCUT2D eigenvalue weighted by molar-refractivity contribution is -0.0987. The Morgan fingerprint density at radius 2 is 0.600 bits per heavy atom. The molecule has 0 spiro atoms. The zero-order chi connectivity index (χ0) is 10.0. The predicted octanol–water partition coefficient (Wildman–Crippen LogP) is -1.34. The number of aliphatic hydroxyl groups is 2. The Balaban J connectivity index is -0.0000000104. The van der Waals surface area contributed by atoms with Crippen molar-refractivity contribution >= 4 is 20.4 Å². The van der Waals surface area contributed by atoms with Crippen LogP contribution in [-0.4, -0.2) is 44.8 Å². The maximum absolute atomic E-state index is 8.00. The molecule has 0 atom stereocenters. The molecule has 0 bridgehead atoms. The van der Waals surface area contributed by atoms with Crippen LogP contribution >= 0.6 is 0 Å². The van der Waals surface area contributed by atoms with Crippen LogP contribution in [0.1, 0.15) is 0 Å². The first-order valence-electron chi connectivity index (χ1n) is 1.76. The van der Waals surface area contributed by atoms with Crippen molar-refractivity contribution in [3.8, 4) is 0 Å². The second-order valence-corrected chi connectivity index (χ2v) is 0. The van der Waals surface area contributed by atoms with Crippen LogP contribution in [0.4, 0.5) is 0 Å². The molecule has 0 aromatic rings. The molecule has 5 nitrogen and oxygen atoms in total. The SMILES string of the molecule is C=O.C=O.C=O.CO.CO. The van der Waals surface area contributed by atoms with Gasteiger partial charge in [-0.2, -0.15) is 0 Å². The lowest BCUT2D eigenvalue weighted by atomic mass is 11.8. The van der Waals surface area contributed by atoms with Gasteiger partial charge in [-0.25, -0.2) is 0 Å². The average Bonchev–Trinajstić information content (AvgIpc) is 2.20. The van der Waals surface area contributed by atoms with Crippen LogP contribution in [0.25, 0.3) is 0 Å². The molecule has 0 saturated heterocycles. The van der Waals surface area contributed by atoms with Crippen LogP contribution in [0.15, 0.2) is 0 Å². The van der Waals surface area contributed by atoms with Crippen molar-refractivity contribution in [2.24, 2.45) is 0 Å². The molecule has 0 unspecified atom stereocenters. The maximum atomic E-state index is 8.00. The van der Waals surface area contributed by atoms with E-state index in [-0.39, 0.29) is 0 Å². The van der Waals surface area contributed by atoms with Crippen LogP contribution in [0, 0.1) is 0 Å². The normalized spacial score (nSPS) is 2.40. The number of carbonyl (C=O) groups excluding carboxylic acids is 3. The van der Waals surface area contributed by atoms with Gasteiger partial charge in [-0.3, -0.25) is 0 Å². The molecule has 0 radical (unpaired) electrons. The van der Waals surface area contributed by atoms with E-state index in [0.29, 0.717) is 0 Å². The monoisotopic (exact) mass is 154 g/mol. The van der Waals surface area contributed by atoms with Crippen molar-refractivity contribution < 1.29 is 24.6 Å². The van der Waals surface area contributed by atoms with Crippen molar-refractivity contribution in [2.45, 2.75) is 0 Å². The molecule has 0 aromatic carbocycles. The van der Waals surface area contributed by atoms with E-state index in [1.807, 2.05) is 20.4 Å². The zero-order valence-electron chi connectivity index (χ0n) is 6.24. The van der Waals surface area contributed by atoms with Crippen molar-refractivity contribution in [1.82, 2.24) is 0 Å². The Bertz CT molecular complexity index is 14.8. The largest absolute Gasteiger partial charge is 0.400 e. The highest BCUT2D eigenvalue weighted by molar-refractivity contribution is 5.11. The third-order valence-corrected chi connectivity index (χ3v) is 0. The second kappa shape index (κ2) is 333. The second-order valence-electron chi connectivity index (χ2n) is 0. The summed E-state index contributed by atoms with van der Waals surface area (Å²) in [5, 5.41) is 14.0. The Kier molecular flexibility index (Phi) is 1210. The highest BCUT2D eigenvalue weighted by atomic mass is 16.2. The number of hydrogen-bond acceptors (Lipinski definition) is 5. The molecule has 0 aromatic heterocycles. The van der Waals surface area contributed by atoms with Crippen molar-refractivity contribution in [3.63, 3.8) is 0 Å². The highest BCUT2D eigenvalue weighted by Gasteiger charge is 0.841. The highest BCUT2D eigenvalue weighted by Crippen LogP contribution is 0.757. The molecular weight excluding hydrogens is 140 g/mol. The van der Waals surface area contributed by atoms with Gasteiger partial charge in [0.1, 0.15) is 20.4 Å². The summed E-state index contributed by atoms with van der Waals surface area (Å²) in [5.41, 5.74) is 0. The van der Waals surface area contributed by atoms with Gasteiger partial charge in [0.25, 0.3) is 0 Å². The molecule has 2 N–H and O–H groups in total.